The topological polar surface area (TPSA) is 26.0 Å². The van der Waals surface area contributed by atoms with Gasteiger partial charge < -0.3 is 5.73 Å². The van der Waals surface area contributed by atoms with Crippen LogP contribution >= 0.6 is 12.4 Å². The van der Waals surface area contributed by atoms with Gasteiger partial charge in [-0.05, 0) is 24.5 Å². The number of benzene rings is 1. The van der Waals surface area contributed by atoms with Crippen LogP contribution in [0, 0.1) is 11.7 Å². The number of hydrogen-bond donors (Lipinski definition) is 1. The largest absolute Gasteiger partial charge is 0.416 e. The van der Waals surface area contributed by atoms with Crippen molar-refractivity contribution in [1.82, 2.24) is 0 Å². The van der Waals surface area contributed by atoms with E-state index in [0.29, 0.717) is 12.3 Å². The summed E-state index contributed by atoms with van der Waals surface area (Å²) in [5.41, 5.74) is 4.34. The Balaban J connectivity index is 0.00000162. The Bertz CT molecular complexity index is 415. The summed E-state index contributed by atoms with van der Waals surface area (Å²) in [5, 5.41) is 0. The maximum absolute atomic E-state index is 13.5. The van der Waals surface area contributed by atoms with Gasteiger partial charge in [0.1, 0.15) is 5.82 Å². The van der Waals surface area contributed by atoms with Gasteiger partial charge >= 0.3 is 6.18 Å². The first-order valence-corrected chi connectivity index (χ1v) is 5.50. The number of alkyl halides is 3. The highest BCUT2D eigenvalue weighted by Gasteiger charge is 2.37. The fourth-order valence-corrected chi connectivity index (χ4v) is 1.99. The fraction of sp³-hybridized carbons (Fsp3) is 0.500. The standard InChI is InChI=1S/C12H13F4N.ClH/c13-9-3-1-2-8(12(14,15)16)11(9)10(17)6-7-4-5-7;/h1-3,7,10H,4-6,17H2;1H/t10-;/m1./s1. The van der Waals surface area contributed by atoms with Crippen molar-refractivity contribution < 1.29 is 17.6 Å². The van der Waals surface area contributed by atoms with Gasteiger partial charge in [0.2, 0.25) is 0 Å². The third-order valence-electron chi connectivity index (χ3n) is 3.01. The lowest BCUT2D eigenvalue weighted by atomic mass is 9.96. The molecule has 0 amide bonds. The van der Waals surface area contributed by atoms with Crippen LogP contribution in [0.15, 0.2) is 18.2 Å². The van der Waals surface area contributed by atoms with Crippen molar-refractivity contribution in [3.63, 3.8) is 0 Å². The van der Waals surface area contributed by atoms with E-state index in [1.165, 1.54) is 0 Å². The molecule has 0 radical (unpaired) electrons. The minimum absolute atomic E-state index is 0. The van der Waals surface area contributed by atoms with Crippen LogP contribution in [0.3, 0.4) is 0 Å². The molecule has 18 heavy (non-hydrogen) atoms. The Labute approximate surface area is 109 Å². The summed E-state index contributed by atoms with van der Waals surface area (Å²) in [6.45, 7) is 0. The maximum Gasteiger partial charge on any atom is 0.416 e. The second-order valence-electron chi connectivity index (χ2n) is 4.48. The molecule has 0 spiro atoms. The highest BCUT2D eigenvalue weighted by Crippen LogP contribution is 2.41. The Morgan fingerprint density at radius 3 is 2.39 bits per heavy atom. The van der Waals surface area contributed by atoms with E-state index in [2.05, 4.69) is 0 Å². The summed E-state index contributed by atoms with van der Waals surface area (Å²) >= 11 is 0. The molecular formula is C12H14ClF4N. The van der Waals surface area contributed by atoms with Gasteiger partial charge in [-0.15, -0.1) is 12.4 Å². The minimum Gasteiger partial charge on any atom is -0.324 e. The Morgan fingerprint density at radius 2 is 1.89 bits per heavy atom. The van der Waals surface area contributed by atoms with Crippen LogP contribution < -0.4 is 5.73 Å². The first-order chi connectivity index (χ1) is 7.89. The molecule has 1 nitrogen and oxygen atoms in total. The van der Waals surface area contributed by atoms with E-state index >= 15 is 0 Å². The second kappa shape index (κ2) is 5.45. The van der Waals surface area contributed by atoms with Crippen molar-refractivity contribution in [3.8, 4) is 0 Å². The molecule has 0 unspecified atom stereocenters. The summed E-state index contributed by atoms with van der Waals surface area (Å²) in [7, 11) is 0. The Morgan fingerprint density at radius 1 is 1.28 bits per heavy atom. The molecule has 2 rings (SSSR count). The lowest BCUT2D eigenvalue weighted by molar-refractivity contribution is -0.138. The number of hydrogen-bond acceptors (Lipinski definition) is 1. The highest BCUT2D eigenvalue weighted by atomic mass is 35.5. The average molecular weight is 284 g/mol. The molecule has 1 saturated carbocycles. The van der Waals surface area contributed by atoms with Gasteiger partial charge in [0.05, 0.1) is 5.56 Å². The van der Waals surface area contributed by atoms with Gasteiger partial charge in [-0.1, -0.05) is 18.9 Å². The van der Waals surface area contributed by atoms with Gasteiger partial charge in [0, 0.05) is 11.6 Å². The van der Waals surface area contributed by atoms with Crippen molar-refractivity contribution in [1.29, 1.82) is 0 Å². The van der Waals surface area contributed by atoms with E-state index in [-0.39, 0.29) is 12.4 Å². The molecule has 0 heterocycles. The van der Waals surface area contributed by atoms with Crippen molar-refractivity contribution >= 4 is 12.4 Å². The molecule has 0 aliphatic heterocycles. The molecule has 1 atom stereocenters. The molecule has 6 heteroatoms. The van der Waals surface area contributed by atoms with Crippen LogP contribution in [0.1, 0.15) is 36.4 Å². The minimum atomic E-state index is -4.56. The zero-order chi connectivity index (χ0) is 12.6. The van der Waals surface area contributed by atoms with Crippen LogP contribution in [0.5, 0.6) is 0 Å². The first-order valence-electron chi connectivity index (χ1n) is 5.50. The summed E-state index contributed by atoms with van der Waals surface area (Å²) in [4.78, 5) is 0. The van der Waals surface area contributed by atoms with Gasteiger partial charge in [-0.2, -0.15) is 13.2 Å². The van der Waals surface area contributed by atoms with Crippen LogP contribution in [-0.2, 0) is 6.18 Å². The lowest BCUT2D eigenvalue weighted by Crippen LogP contribution is -2.19. The van der Waals surface area contributed by atoms with Gasteiger partial charge in [0.25, 0.3) is 0 Å². The van der Waals surface area contributed by atoms with Crippen molar-refractivity contribution in [2.45, 2.75) is 31.5 Å². The van der Waals surface area contributed by atoms with E-state index in [1.54, 1.807) is 0 Å². The molecule has 0 saturated heterocycles. The molecule has 1 fully saturated rings. The molecule has 1 aromatic carbocycles. The van der Waals surface area contributed by atoms with Crippen LogP contribution in [0.25, 0.3) is 0 Å². The van der Waals surface area contributed by atoms with E-state index < -0.39 is 29.2 Å². The second-order valence-corrected chi connectivity index (χ2v) is 4.48. The predicted octanol–water partition coefficient (Wildman–Crippen LogP) is 4.07. The smallest absolute Gasteiger partial charge is 0.324 e. The molecule has 1 aliphatic carbocycles. The van der Waals surface area contributed by atoms with E-state index in [0.717, 1.165) is 31.0 Å². The van der Waals surface area contributed by atoms with Gasteiger partial charge in [0.15, 0.2) is 0 Å². The third-order valence-corrected chi connectivity index (χ3v) is 3.01. The average Bonchev–Trinajstić information content (AvgIpc) is 2.99. The van der Waals surface area contributed by atoms with Crippen molar-refractivity contribution in [3.05, 3.63) is 35.1 Å². The van der Waals surface area contributed by atoms with Gasteiger partial charge in [-0.25, -0.2) is 4.39 Å². The fourth-order valence-electron chi connectivity index (χ4n) is 1.99. The Hall–Kier alpha value is -0.810. The molecule has 0 bridgehead atoms. The van der Waals surface area contributed by atoms with E-state index in [4.69, 9.17) is 5.73 Å². The van der Waals surface area contributed by atoms with E-state index in [1.807, 2.05) is 0 Å². The number of nitrogens with two attached hydrogens (primary N) is 1. The molecule has 0 aromatic heterocycles. The van der Waals surface area contributed by atoms with Crippen LogP contribution in [0.2, 0.25) is 0 Å². The summed E-state index contributed by atoms with van der Waals surface area (Å²) in [6.07, 6.45) is -2.18. The highest BCUT2D eigenvalue weighted by molar-refractivity contribution is 5.85. The molecule has 102 valence electrons. The normalized spacial score (nSPS) is 17.2. The van der Waals surface area contributed by atoms with E-state index in [9.17, 15) is 17.6 Å². The zero-order valence-corrected chi connectivity index (χ0v) is 10.3. The quantitative estimate of drug-likeness (QED) is 0.832. The monoisotopic (exact) mass is 283 g/mol. The maximum atomic E-state index is 13.5. The molecular weight excluding hydrogens is 270 g/mol. The van der Waals surface area contributed by atoms with Gasteiger partial charge in [-0.3, -0.25) is 0 Å². The third kappa shape index (κ3) is 3.36. The van der Waals surface area contributed by atoms with Crippen LogP contribution in [-0.4, -0.2) is 0 Å². The zero-order valence-electron chi connectivity index (χ0n) is 9.51. The molecule has 2 N–H and O–H groups in total. The first kappa shape index (κ1) is 15.2. The lowest BCUT2D eigenvalue weighted by Gasteiger charge is -2.18. The predicted molar refractivity (Wildman–Crippen MR) is 62.9 cm³/mol. The number of halogens is 5. The van der Waals surface area contributed by atoms with Crippen molar-refractivity contribution in [2.75, 3.05) is 0 Å². The van der Waals surface area contributed by atoms with Crippen LogP contribution in [0.4, 0.5) is 17.6 Å². The molecule has 1 aliphatic rings. The molecule has 1 aromatic rings. The van der Waals surface area contributed by atoms with Crippen molar-refractivity contribution in [2.24, 2.45) is 11.7 Å². The summed E-state index contributed by atoms with van der Waals surface area (Å²) < 4.78 is 51.7. The Kier molecular flexibility index (Phi) is 4.61. The summed E-state index contributed by atoms with van der Waals surface area (Å²) in [5.74, 6) is -0.515. The number of rotatable bonds is 3. The summed E-state index contributed by atoms with van der Waals surface area (Å²) in [6, 6.07) is 2.09. The SMILES string of the molecule is Cl.N[C@H](CC1CC1)c1c(F)cccc1C(F)(F)F.